The lowest BCUT2D eigenvalue weighted by atomic mass is 9.94. The van der Waals surface area contributed by atoms with Crippen molar-refractivity contribution >= 4 is 26.8 Å². The first kappa shape index (κ1) is 10.7. The average molecular weight is 267 g/mol. The van der Waals surface area contributed by atoms with Crippen LogP contribution in [-0.2, 0) is 6.42 Å². The molecule has 0 aliphatic heterocycles. The average Bonchev–Trinajstić information content (AvgIpc) is 2.46. The number of hydrogen-bond donors (Lipinski definition) is 2. The smallest absolute Gasteiger partial charge is 0.0468 e. The second-order valence-corrected chi connectivity index (χ2v) is 5.50. The van der Waals surface area contributed by atoms with Crippen LogP contribution >= 0.6 is 15.9 Å². The highest BCUT2D eigenvalue weighted by Gasteiger charge is 2.15. The molecule has 0 spiro atoms. The summed E-state index contributed by atoms with van der Waals surface area (Å²) in [6.45, 7) is 4.10. The van der Waals surface area contributed by atoms with Gasteiger partial charge in [0.05, 0.1) is 0 Å². The second-order valence-electron chi connectivity index (χ2n) is 4.64. The number of rotatable bonds is 2. The molecule has 0 radical (unpaired) electrons. The van der Waals surface area contributed by atoms with E-state index >= 15 is 0 Å². The van der Waals surface area contributed by atoms with E-state index in [4.69, 9.17) is 5.73 Å². The highest BCUT2D eigenvalue weighted by Crippen LogP contribution is 2.28. The van der Waals surface area contributed by atoms with Crippen LogP contribution in [0.3, 0.4) is 0 Å². The van der Waals surface area contributed by atoms with Crippen LogP contribution in [0.25, 0.3) is 10.9 Å². The first-order valence-corrected chi connectivity index (χ1v) is 5.80. The fourth-order valence-electron chi connectivity index (χ4n) is 1.85. The molecule has 1 heterocycles. The molecular formula is C12H15BrN2. The molecule has 2 rings (SSSR count). The van der Waals surface area contributed by atoms with Crippen molar-refractivity contribution in [2.45, 2.75) is 25.8 Å². The zero-order chi connectivity index (χ0) is 11.1. The van der Waals surface area contributed by atoms with Gasteiger partial charge in [-0.15, -0.1) is 0 Å². The zero-order valence-corrected chi connectivity index (χ0v) is 10.6. The summed E-state index contributed by atoms with van der Waals surface area (Å²) >= 11 is 3.55. The largest absolute Gasteiger partial charge is 0.360 e. The van der Waals surface area contributed by atoms with Gasteiger partial charge in [0.2, 0.25) is 0 Å². The normalized spacial score (nSPS) is 12.3. The molecular weight excluding hydrogens is 252 g/mol. The number of nitrogens with one attached hydrogen (secondary N) is 1. The van der Waals surface area contributed by atoms with E-state index < -0.39 is 0 Å². The molecule has 0 atom stereocenters. The summed E-state index contributed by atoms with van der Waals surface area (Å²) in [6, 6.07) is 6.27. The molecule has 0 bridgehead atoms. The van der Waals surface area contributed by atoms with Gasteiger partial charge < -0.3 is 10.7 Å². The Hall–Kier alpha value is -0.800. The van der Waals surface area contributed by atoms with Gasteiger partial charge in [0.25, 0.3) is 0 Å². The Labute approximate surface area is 98.0 Å². The molecule has 3 N–H and O–H groups in total. The summed E-state index contributed by atoms with van der Waals surface area (Å²) in [5, 5.41) is 1.25. The van der Waals surface area contributed by atoms with Crippen molar-refractivity contribution in [3.63, 3.8) is 0 Å². The van der Waals surface area contributed by atoms with Crippen molar-refractivity contribution < 1.29 is 0 Å². The molecule has 15 heavy (non-hydrogen) atoms. The van der Waals surface area contributed by atoms with Crippen molar-refractivity contribution in [3.8, 4) is 0 Å². The maximum atomic E-state index is 6.05. The second kappa shape index (κ2) is 3.65. The van der Waals surface area contributed by atoms with Gasteiger partial charge in [0.1, 0.15) is 0 Å². The predicted molar refractivity (Wildman–Crippen MR) is 68.0 cm³/mol. The lowest BCUT2D eigenvalue weighted by Gasteiger charge is -2.19. The molecule has 0 aliphatic carbocycles. The third-order valence-corrected chi connectivity index (χ3v) is 3.02. The topological polar surface area (TPSA) is 41.8 Å². The lowest BCUT2D eigenvalue weighted by molar-refractivity contribution is 0.518. The number of halogens is 1. The minimum absolute atomic E-state index is 0.176. The van der Waals surface area contributed by atoms with Crippen molar-refractivity contribution in [1.82, 2.24) is 4.98 Å². The van der Waals surface area contributed by atoms with Gasteiger partial charge in [-0.05, 0) is 47.8 Å². The van der Waals surface area contributed by atoms with Gasteiger partial charge in [0, 0.05) is 27.1 Å². The summed E-state index contributed by atoms with van der Waals surface area (Å²) in [7, 11) is 0. The van der Waals surface area contributed by atoms with Crippen LogP contribution < -0.4 is 5.73 Å². The van der Waals surface area contributed by atoms with Crippen molar-refractivity contribution in [2.24, 2.45) is 5.73 Å². The van der Waals surface area contributed by atoms with E-state index in [1.54, 1.807) is 0 Å². The highest BCUT2D eigenvalue weighted by molar-refractivity contribution is 9.10. The van der Waals surface area contributed by atoms with Gasteiger partial charge in [0.15, 0.2) is 0 Å². The van der Waals surface area contributed by atoms with Crippen LogP contribution in [0.15, 0.2) is 28.9 Å². The Morgan fingerprint density at radius 2 is 2.13 bits per heavy atom. The van der Waals surface area contributed by atoms with E-state index in [9.17, 15) is 0 Å². The fourth-order valence-corrected chi connectivity index (χ4v) is 2.44. The fraction of sp³-hybridized carbons (Fsp3) is 0.333. The van der Waals surface area contributed by atoms with E-state index in [-0.39, 0.29) is 5.54 Å². The lowest BCUT2D eigenvalue weighted by Crippen LogP contribution is -2.34. The Kier molecular flexibility index (Phi) is 2.61. The molecule has 1 aromatic heterocycles. The summed E-state index contributed by atoms with van der Waals surface area (Å²) in [6.07, 6.45) is 2.85. The van der Waals surface area contributed by atoms with Crippen molar-refractivity contribution in [2.75, 3.05) is 0 Å². The Bertz CT molecular complexity index is 480. The van der Waals surface area contributed by atoms with E-state index in [1.807, 2.05) is 20.0 Å². The van der Waals surface area contributed by atoms with Crippen LogP contribution in [-0.4, -0.2) is 10.5 Å². The SMILES string of the molecule is CC(C)(N)Cc1cccc2[nH]cc(Br)c12. The third kappa shape index (κ3) is 2.24. The van der Waals surface area contributed by atoms with Crippen molar-refractivity contribution in [1.29, 1.82) is 0 Å². The summed E-state index contributed by atoms with van der Waals surface area (Å²) in [4.78, 5) is 3.23. The summed E-state index contributed by atoms with van der Waals surface area (Å²) in [5.74, 6) is 0. The number of fused-ring (bicyclic) bond motifs is 1. The standard InChI is InChI=1S/C12H15BrN2/c1-12(2,14)6-8-4-3-5-10-11(8)9(13)7-15-10/h3-5,7,15H,6,14H2,1-2H3. The molecule has 3 heteroatoms. The number of nitrogens with two attached hydrogens (primary N) is 1. The molecule has 0 amide bonds. The zero-order valence-electron chi connectivity index (χ0n) is 8.97. The van der Waals surface area contributed by atoms with Gasteiger partial charge in [-0.25, -0.2) is 0 Å². The summed E-state index contributed by atoms with van der Waals surface area (Å²) < 4.78 is 1.11. The maximum Gasteiger partial charge on any atom is 0.0468 e. The van der Waals surface area contributed by atoms with Crippen molar-refractivity contribution in [3.05, 3.63) is 34.4 Å². The van der Waals surface area contributed by atoms with E-state index in [2.05, 4.69) is 39.1 Å². The van der Waals surface area contributed by atoms with Crippen LogP contribution in [0.2, 0.25) is 0 Å². The number of aromatic nitrogens is 1. The Balaban J connectivity index is 2.55. The Morgan fingerprint density at radius 3 is 2.80 bits per heavy atom. The molecule has 2 aromatic rings. The molecule has 0 aliphatic rings. The van der Waals surface area contributed by atoms with E-state index in [0.29, 0.717) is 0 Å². The molecule has 80 valence electrons. The number of H-pyrrole nitrogens is 1. The molecule has 0 saturated carbocycles. The highest BCUT2D eigenvalue weighted by atomic mass is 79.9. The molecule has 0 fully saturated rings. The maximum absolute atomic E-state index is 6.05. The molecule has 0 saturated heterocycles. The van der Waals surface area contributed by atoms with Gasteiger partial charge in [-0.1, -0.05) is 12.1 Å². The number of benzene rings is 1. The van der Waals surface area contributed by atoms with Crippen LogP contribution in [0.5, 0.6) is 0 Å². The number of aromatic amines is 1. The third-order valence-electron chi connectivity index (χ3n) is 2.39. The molecule has 1 aromatic carbocycles. The Morgan fingerprint density at radius 1 is 1.40 bits per heavy atom. The van der Waals surface area contributed by atoms with E-state index in [1.165, 1.54) is 10.9 Å². The quantitative estimate of drug-likeness (QED) is 0.861. The van der Waals surface area contributed by atoms with Crippen LogP contribution in [0.4, 0.5) is 0 Å². The summed E-state index contributed by atoms with van der Waals surface area (Å²) in [5.41, 5.74) is 8.32. The predicted octanol–water partition coefficient (Wildman–Crippen LogP) is 3.21. The van der Waals surface area contributed by atoms with Gasteiger partial charge >= 0.3 is 0 Å². The first-order chi connectivity index (χ1) is 6.97. The minimum atomic E-state index is -0.176. The number of hydrogen-bond acceptors (Lipinski definition) is 1. The molecule has 0 unspecified atom stereocenters. The van der Waals surface area contributed by atoms with Gasteiger partial charge in [-0.3, -0.25) is 0 Å². The van der Waals surface area contributed by atoms with Gasteiger partial charge in [-0.2, -0.15) is 0 Å². The molecule has 2 nitrogen and oxygen atoms in total. The first-order valence-electron chi connectivity index (χ1n) is 5.01. The van der Waals surface area contributed by atoms with Crippen LogP contribution in [0, 0.1) is 0 Å². The van der Waals surface area contributed by atoms with Crippen LogP contribution in [0.1, 0.15) is 19.4 Å². The van der Waals surface area contributed by atoms with E-state index in [0.717, 1.165) is 16.4 Å². The minimum Gasteiger partial charge on any atom is -0.360 e. The monoisotopic (exact) mass is 266 g/mol.